The highest BCUT2D eigenvalue weighted by Crippen LogP contribution is 2.31. The van der Waals surface area contributed by atoms with E-state index in [1.807, 2.05) is 31.2 Å². The highest BCUT2D eigenvalue weighted by molar-refractivity contribution is 7.99. The van der Waals surface area contributed by atoms with E-state index in [0.29, 0.717) is 4.90 Å². The van der Waals surface area contributed by atoms with E-state index in [4.69, 9.17) is 5.11 Å². The predicted octanol–water partition coefficient (Wildman–Crippen LogP) is 3.75. The smallest absolute Gasteiger partial charge is 0.342 e. The Labute approximate surface area is 119 Å². The number of hydrogen-bond donors (Lipinski definition) is 1. The molecule has 0 radical (unpaired) electrons. The number of nitro groups is 1. The second kappa shape index (κ2) is 5.75. The Morgan fingerprint density at radius 2 is 1.90 bits per heavy atom. The molecule has 20 heavy (non-hydrogen) atoms. The molecule has 0 saturated carbocycles. The van der Waals surface area contributed by atoms with Gasteiger partial charge in [-0.15, -0.1) is 0 Å². The molecule has 0 saturated heterocycles. The first-order valence-electron chi connectivity index (χ1n) is 5.73. The van der Waals surface area contributed by atoms with Crippen molar-refractivity contribution >= 4 is 23.4 Å². The molecule has 0 aromatic heterocycles. The first kappa shape index (κ1) is 14.1. The van der Waals surface area contributed by atoms with Crippen LogP contribution >= 0.6 is 11.8 Å². The molecule has 2 aromatic rings. The lowest BCUT2D eigenvalue weighted by molar-refractivity contribution is -0.385. The summed E-state index contributed by atoms with van der Waals surface area (Å²) in [6, 6.07) is 11.8. The highest BCUT2D eigenvalue weighted by atomic mass is 32.2. The third-order valence-corrected chi connectivity index (χ3v) is 3.60. The van der Waals surface area contributed by atoms with Gasteiger partial charge in [-0.25, -0.2) is 4.79 Å². The SMILES string of the molecule is Cc1cccc(Sc2ccc([N+](=O)[O-])c(C(=O)O)c2)c1. The third-order valence-electron chi connectivity index (χ3n) is 2.62. The van der Waals surface area contributed by atoms with Crippen molar-refractivity contribution in [2.45, 2.75) is 16.7 Å². The van der Waals surface area contributed by atoms with Crippen LogP contribution in [-0.2, 0) is 0 Å². The van der Waals surface area contributed by atoms with E-state index < -0.39 is 16.6 Å². The molecule has 5 nitrogen and oxygen atoms in total. The van der Waals surface area contributed by atoms with Gasteiger partial charge in [0.15, 0.2) is 0 Å². The van der Waals surface area contributed by atoms with E-state index in [9.17, 15) is 14.9 Å². The fourth-order valence-electron chi connectivity index (χ4n) is 1.72. The van der Waals surface area contributed by atoms with Gasteiger partial charge >= 0.3 is 5.97 Å². The van der Waals surface area contributed by atoms with Gasteiger partial charge in [0, 0.05) is 15.9 Å². The number of carbonyl (C=O) groups is 1. The topological polar surface area (TPSA) is 80.4 Å². The molecular weight excluding hydrogens is 278 g/mol. The van der Waals surface area contributed by atoms with Crippen molar-refractivity contribution in [1.82, 2.24) is 0 Å². The molecule has 0 aliphatic heterocycles. The van der Waals surface area contributed by atoms with Crippen molar-refractivity contribution in [3.05, 3.63) is 63.7 Å². The van der Waals surface area contributed by atoms with Crippen LogP contribution in [-0.4, -0.2) is 16.0 Å². The molecule has 2 rings (SSSR count). The molecule has 0 fully saturated rings. The van der Waals surface area contributed by atoms with E-state index in [2.05, 4.69) is 0 Å². The average Bonchev–Trinajstić information content (AvgIpc) is 2.38. The van der Waals surface area contributed by atoms with Gasteiger partial charge in [-0.1, -0.05) is 29.5 Å². The Balaban J connectivity index is 2.36. The number of carboxylic acids is 1. The van der Waals surface area contributed by atoms with Crippen LogP contribution < -0.4 is 0 Å². The van der Waals surface area contributed by atoms with Gasteiger partial charge in [0.2, 0.25) is 0 Å². The summed E-state index contributed by atoms with van der Waals surface area (Å²) < 4.78 is 0. The van der Waals surface area contributed by atoms with Crippen LogP contribution in [0.5, 0.6) is 0 Å². The van der Waals surface area contributed by atoms with Crippen molar-refractivity contribution in [3.8, 4) is 0 Å². The zero-order chi connectivity index (χ0) is 14.7. The Kier molecular flexibility index (Phi) is 4.05. The molecule has 0 aliphatic rings. The first-order chi connectivity index (χ1) is 9.47. The second-order valence-corrected chi connectivity index (χ2v) is 5.31. The lowest BCUT2D eigenvalue weighted by Gasteiger charge is -2.04. The van der Waals surface area contributed by atoms with E-state index in [1.165, 1.54) is 23.9 Å². The maximum Gasteiger partial charge on any atom is 0.342 e. The van der Waals surface area contributed by atoms with E-state index in [-0.39, 0.29) is 5.56 Å². The predicted molar refractivity (Wildman–Crippen MR) is 75.4 cm³/mol. The van der Waals surface area contributed by atoms with Gasteiger partial charge in [-0.2, -0.15) is 0 Å². The fraction of sp³-hybridized carbons (Fsp3) is 0.0714. The summed E-state index contributed by atoms with van der Waals surface area (Å²) >= 11 is 1.37. The number of aryl methyl sites for hydroxylation is 1. The Morgan fingerprint density at radius 1 is 1.20 bits per heavy atom. The normalized spacial score (nSPS) is 10.2. The summed E-state index contributed by atoms with van der Waals surface area (Å²) in [5.74, 6) is -1.30. The molecule has 0 aliphatic carbocycles. The van der Waals surface area contributed by atoms with E-state index in [0.717, 1.165) is 10.5 Å². The fourth-order valence-corrected chi connectivity index (χ4v) is 2.70. The van der Waals surface area contributed by atoms with Gasteiger partial charge in [0.05, 0.1) is 4.92 Å². The maximum absolute atomic E-state index is 11.1. The van der Waals surface area contributed by atoms with Gasteiger partial charge in [0.25, 0.3) is 5.69 Å². The van der Waals surface area contributed by atoms with Gasteiger partial charge < -0.3 is 5.11 Å². The van der Waals surface area contributed by atoms with E-state index >= 15 is 0 Å². The van der Waals surface area contributed by atoms with Crippen LogP contribution in [0.4, 0.5) is 5.69 Å². The molecule has 0 spiro atoms. The number of benzene rings is 2. The molecule has 102 valence electrons. The van der Waals surface area contributed by atoms with Gasteiger partial charge in [-0.05, 0) is 31.2 Å². The summed E-state index contributed by atoms with van der Waals surface area (Å²) in [6.45, 7) is 1.96. The lowest BCUT2D eigenvalue weighted by atomic mass is 10.2. The Morgan fingerprint density at radius 3 is 2.50 bits per heavy atom. The zero-order valence-corrected chi connectivity index (χ0v) is 11.4. The second-order valence-electron chi connectivity index (χ2n) is 4.16. The summed E-state index contributed by atoms with van der Waals surface area (Å²) in [6.07, 6.45) is 0. The van der Waals surface area contributed by atoms with Crippen LogP contribution in [0, 0.1) is 17.0 Å². The summed E-state index contributed by atoms with van der Waals surface area (Å²) in [5, 5.41) is 19.8. The van der Waals surface area contributed by atoms with E-state index in [1.54, 1.807) is 6.07 Å². The quantitative estimate of drug-likeness (QED) is 0.684. The molecule has 0 bridgehead atoms. The van der Waals surface area contributed by atoms with Gasteiger partial charge in [0.1, 0.15) is 5.56 Å². The van der Waals surface area contributed by atoms with Crippen molar-refractivity contribution in [1.29, 1.82) is 0 Å². The monoisotopic (exact) mass is 289 g/mol. The van der Waals surface area contributed by atoms with Crippen molar-refractivity contribution in [3.63, 3.8) is 0 Å². The number of carboxylic acid groups (broad SMARTS) is 1. The van der Waals surface area contributed by atoms with Crippen LogP contribution in [0.3, 0.4) is 0 Å². The summed E-state index contributed by atoms with van der Waals surface area (Å²) in [7, 11) is 0. The highest BCUT2D eigenvalue weighted by Gasteiger charge is 2.20. The summed E-state index contributed by atoms with van der Waals surface area (Å²) in [5.41, 5.74) is 0.397. The van der Waals surface area contributed by atoms with Crippen molar-refractivity contribution in [2.75, 3.05) is 0 Å². The number of aromatic carboxylic acids is 1. The molecule has 1 N–H and O–H groups in total. The lowest BCUT2D eigenvalue weighted by Crippen LogP contribution is -2.02. The molecule has 0 amide bonds. The minimum Gasteiger partial charge on any atom is -0.477 e. The summed E-state index contributed by atoms with van der Waals surface area (Å²) in [4.78, 5) is 22.8. The number of nitrogens with zero attached hydrogens (tertiary/aromatic N) is 1. The molecule has 0 unspecified atom stereocenters. The zero-order valence-electron chi connectivity index (χ0n) is 10.6. The third kappa shape index (κ3) is 3.16. The van der Waals surface area contributed by atoms with Crippen molar-refractivity contribution < 1.29 is 14.8 Å². The molecule has 2 aromatic carbocycles. The minimum atomic E-state index is -1.30. The number of nitro benzene ring substituents is 1. The largest absolute Gasteiger partial charge is 0.477 e. The molecule has 0 heterocycles. The molecule has 6 heteroatoms. The van der Waals surface area contributed by atoms with Crippen LogP contribution in [0.1, 0.15) is 15.9 Å². The first-order valence-corrected chi connectivity index (χ1v) is 6.55. The Bertz CT molecular complexity index is 685. The van der Waals surface area contributed by atoms with Crippen molar-refractivity contribution in [2.24, 2.45) is 0 Å². The average molecular weight is 289 g/mol. The van der Waals surface area contributed by atoms with Gasteiger partial charge in [-0.3, -0.25) is 10.1 Å². The minimum absolute atomic E-state index is 0.298. The number of rotatable bonds is 4. The standard InChI is InChI=1S/C14H11NO4S/c1-9-3-2-4-10(7-9)20-11-5-6-13(15(18)19)12(8-11)14(16)17/h2-8H,1H3,(H,16,17). The van der Waals surface area contributed by atoms with Crippen LogP contribution in [0.15, 0.2) is 52.3 Å². The molecule has 0 atom stereocenters. The number of hydrogen-bond acceptors (Lipinski definition) is 4. The molecular formula is C14H11NO4S. The van der Waals surface area contributed by atoms with Crippen LogP contribution in [0.25, 0.3) is 0 Å². The maximum atomic E-state index is 11.1. The Hall–Kier alpha value is -2.34. The van der Waals surface area contributed by atoms with Crippen LogP contribution in [0.2, 0.25) is 0 Å².